The fourth-order valence-electron chi connectivity index (χ4n) is 2.22. The van der Waals surface area contributed by atoms with E-state index in [-0.39, 0.29) is 10.7 Å². The molecule has 2 heterocycles. The van der Waals surface area contributed by atoms with E-state index in [4.69, 9.17) is 5.84 Å². The SMILES string of the molecule is Cn1c(=O)n(Cc2csc(C(=O)NN)n2)c2ccccc21. The van der Waals surface area contributed by atoms with Crippen LogP contribution in [0.5, 0.6) is 0 Å². The fourth-order valence-corrected chi connectivity index (χ4v) is 2.93. The van der Waals surface area contributed by atoms with Gasteiger partial charge in [-0.25, -0.2) is 15.6 Å². The van der Waals surface area contributed by atoms with Crippen molar-refractivity contribution in [2.24, 2.45) is 12.9 Å². The van der Waals surface area contributed by atoms with Gasteiger partial charge in [0.15, 0.2) is 5.01 Å². The number of para-hydroxylation sites is 2. The van der Waals surface area contributed by atoms with Gasteiger partial charge in [0.1, 0.15) is 0 Å². The van der Waals surface area contributed by atoms with Gasteiger partial charge in [-0.15, -0.1) is 11.3 Å². The topological polar surface area (TPSA) is 94.9 Å². The summed E-state index contributed by atoms with van der Waals surface area (Å²) in [6.45, 7) is 0.314. The summed E-state index contributed by atoms with van der Waals surface area (Å²) in [7, 11) is 1.73. The van der Waals surface area contributed by atoms with Crippen LogP contribution >= 0.6 is 11.3 Å². The Bertz CT molecular complexity index is 876. The molecule has 1 amide bonds. The number of carbonyl (C=O) groups is 1. The van der Waals surface area contributed by atoms with Crippen LogP contribution in [0.4, 0.5) is 0 Å². The number of carbonyl (C=O) groups excluding carboxylic acids is 1. The molecule has 21 heavy (non-hydrogen) atoms. The molecule has 7 nitrogen and oxygen atoms in total. The predicted octanol–water partition coefficient (Wildman–Crippen LogP) is 0.448. The second kappa shape index (κ2) is 5.15. The fraction of sp³-hybridized carbons (Fsp3) is 0.154. The molecule has 0 unspecified atom stereocenters. The zero-order valence-corrected chi connectivity index (χ0v) is 12.1. The van der Waals surface area contributed by atoms with E-state index in [0.717, 1.165) is 11.0 Å². The summed E-state index contributed by atoms with van der Waals surface area (Å²) in [4.78, 5) is 27.9. The van der Waals surface area contributed by atoms with Crippen LogP contribution in [0.15, 0.2) is 34.4 Å². The molecule has 0 bridgehead atoms. The smallest absolute Gasteiger partial charge is 0.295 e. The number of benzene rings is 1. The average molecular weight is 303 g/mol. The van der Waals surface area contributed by atoms with Crippen molar-refractivity contribution in [3.8, 4) is 0 Å². The summed E-state index contributed by atoms with van der Waals surface area (Å²) in [6.07, 6.45) is 0. The lowest BCUT2D eigenvalue weighted by Crippen LogP contribution is -2.30. The van der Waals surface area contributed by atoms with Gasteiger partial charge in [-0.2, -0.15) is 0 Å². The number of rotatable bonds is 3. The number of hydrogen-bond acceptors (Lipinski definition) is 5. The van der Waals surface area contributed by atoms with Crippen LogP contribution in [-0.4, -0.2) is 20.0 Å². The van der Waals surface area contributed by atoms with Gasteiger partial charge in [-0.3, -0.25) is 19.4 Å². The standard InChI is InChI=1S/C13H13N5O2S/c1-17-9-4-2-3-5-10(9)18(13(17)20)6-8-7-21-12(15-8)11(19)16-14/h2-5,7H,6,14H2,1H3,(H,16,19). The van der Waals surface area contributed by atoms with Gasteiger partial charge in [0.05, 0.1) is 23.3 Å². The largest absolute Gasteiger partial charge is 0.329 e. The van der Waals surface area contributed by atoms with Crippen LogP contribution in [0.25, 0.3) is 11.0 Å². The molecule has 108 valence electrons. The minimum absolute atomic E-state index is 0.117. The Morgan fingerprint density at radius 1 is 1.38 bits per heavy atom. The van der Waals surface area contributed by atoms with Gasteiger partial charge in [0, 0.05) is 12.4 Å². The third-order valence-corrected chi connectivity index (χ3v) is 4.14. The van der Waals surface area contributed by atoms with Crippen molar-refractivity contribution >= 4 is 28.3 Å². The van der Waals surface area contributed by atoms with Gasteiger partial charge in [-0.05, 0) is 12.1 Å². The van der Waals surface area contributed by atoms with Crippen molar-refractivity contribution in [3.63, 3.8) is 0 Å². The van der Waals surface area contributed by atoms with Crippen LogP contribution in [0.2, 0.25) is 0 Å². The van der Waals surface area contributed by atoms with Gasteiger partial charge in [0.2, 0.25) is 0 Å². The third-order valence-electron chi connectivity index (χ3n) is 3.25. The molecule has 8 heteroatoms. The maximum absolute atomic E-state index is 12.3. The van der Waals surface area contributed by atoms with Gasteiger partial charge in [-0.1, -0.05) is 12.1 Å². The Kier molecular flexibility index (Phi) is 3.32. The number of hydrazine groups is 1. The number of aromatic nitrogens is 3. The zero-order chi connectivity index (χ0) is 15.0. The van der Waals surface area contributed by atoms with E-state index in [1.807, 2.05) is 29.7 Å². The zero-order valence-electron chi connectivity index (χ0n) is 11.2. The molecule has 0 aliphatic heterocycles. The molecule has 1 aromatic carbocycles. The number of aryl methyl sites for hydroxylation is 1. The Labute approximate surface area is 123 Å². The van der Waals surface area contributed by atoms with E-state index in [1.54, 1.807) is 21.6 Å². The maximum atomic E-state index is 12.3. The van der Waals surface area contributed by atoms with Crippen LogP contribution < -0.4 is 17.0 Å². The van der Waals surface area contributed by atoms with Crippen molar-refractivity contribution in [2.45, 2.75) is 6.54 Å². The molecule has 3 aromatic rings. The quantitative estimate of drug-likeness (QED) is 0.417. The summed E-state index contributed by atoms with van der Waals surface area (Å²) in [5, 5.41) is 2.03. The molecule has 0 radical (unpaired) electrons. The first kappa shape index (κ1) is 13.5. The molecular weight excluding hydrogens is 290 g/mol. The lowest BCUT2D eigenvalue weighted by atomic mass is 10.3. The number of hydrogen-bond donors (Lipinski definition) is 2. The minimum atomic E-state index is -0.434. The molecule has 3 N–H and O–H groups in total. The van der Waals surface area contributed by atoms with Crippen LogP contribution in [0, 0.1) is 0 Å². The normalized spacial score (nSPS) is 11.0. The predicted molar refractivity (Wildman–Crippen MR) is 80.0 cm³/mol. The van der Waals surface area contributed by atoms with Crippen LogP contribution in [0.1, 0.15) is 15.5 Å². The number of thiazole rings is 1. The third kappa shape index (κ3) is 2.24. The van der Waals surface area contributed by atoms with Crippen molar-refractivity contribution in [2.75, 3.05) is 0 Å². The van der Waals surface area contributed by atoms with Crippen molar-refractivity contribution in [1.29, 1.82) is 0 Å². The first-order chi connectivity index (χ1) is 10.1. The molecule has 0 saturated heterocycles. The summed E-state index contributed by atoms with van der Waals surface area (Å²) < 4.78 is 3.23. The van der Waals surface area contributed by atoms with Crippen molar-refractivity contribution < 1.29 is 4.79 Å². The Balaban J connectivity index is 2.02. The molecule has 0 fully saturated rings. The molecule has 0 aliphatic carbocycles. The van der Waals surface area contributed by atoms with Crippen molar-refractivity contribution in [1.82, 2.24) is 19.5 Å². The minimum Gasteiger partial charge on any atom is -0.295 e. The van der Waals surface area contributed by atoms with Crippen LogP contribution in [0.3, 0.4) is 0 Å². The number of nitrogen functional groups attached to an aromatic ring is 1. The summed E-state index contributed by atoms with van der Waals surface area (Å²) in [5.74, 6) is 4.64. The molecule has 0 saturated carbocycles. The summed E-state index contributed by atoms with van der Waals surface area (Å²) >= 11 is 1.19. The van der Waals surface area contributed by atoms with Crippen LogP contribution in [-0.2, 0) is 13.6 Å². The highest BCUT2D eigenvalue weighted by Gasteiger charge is 2.14. The highest BCUT2D eigenvalue weighted by atomic mass is 32.1. The maximum Gasteiger partial charge on any atom is 0.329 e. The number of nitrogens with two attached hydrogens (primary N) is 1. The van der Waals surface area contributed by atoms with Crippen molar-refractivity contribution in [3.05, 3.63) is 50.8 Å². The highest BCUT2D eigenvalue weighted by Crippen LogP contribution is 2.15. The number of nitrogens with one attached hydrogen (secondary N) is 1. The molecule has 0 atom stereocenters. The van der Waals surface area contributed by atoms with E-state index in [0.29, 0.717) is 12.2 Å². The molecule has 3 rings (SSSR count). The lowest BCUT2D eigenvalue weighted by molar-refractivity contribution is 0.0953. The summed E-state index contributed by atoms with van der Waals surface area (Å²) in [6, 6.07) is 7.55. The van der Waals surface area contributed by atoms with Gasteiger partial charge in [0.25, 0.3) is 5.91 Å². The van der Waals surface area contributed by atoms with E-state index in [9.17, 15) is 9.59 Å². The monoisotopic (exact) mass is 303 g/mol. The Hall–Kier alpha value is -2.45. The second-order valence-corrected chi connectivity index (χ2v) is 5.39. The number of imidazole rings is 1. The number of nitrogens with zero attached hydrogens (tertiary/aromatic N) is 3. The molecular formula is C13H13N5O2S. The Morgan fingerprint density at radius 3 is 2.81 bits per heavy atom. The first-order valence-corrected chi connectivity index (χ1v) is 7.09. The van der Waals surface area contributed by atoms with E-state index < -0.39 is 5.91 Å². The number of amides is 1. The highest BCUT2D eigenvalue weighted by molar-refractivity contribution is 7.11. The first-order valence-electron chi connectivity index (χ1n) is 6.21. The number of fused-ring (bicyclic) bond motifs is 1. The lowest BCUT2D eigenvalue weighted by Gasteiger charge is -2.00. The summed E-state index contributed by atoms with van der Waals surface area (Å²) in [5.41, 5.74) is 4.27. The van der Waals surface area contributed by atoms with E-state index in [1.165, 1.54) is 11.3 Å². The van der Waals surface area contributed by atoms with Gasteiger partial charge >= 0.3 is 5.69 Å². The van der Waals surface area contributed by atoms with E-state index in [2.05, 4.69) is 4.98 Å². The molecule has 2 aromatic heterocycles. The molecule has 0 spiro atoms. The average Bonchev–Trinajstić information content (AvgIpc) is 3.07. The molecule has 0 aliphatic rings. The Morgan fingerprint density at radius 2 is 2.10 bits per heavy atom. The van der Waals surface area contributed by atoms with E-state index >= 15 is 0 Å². The van der Waals surface area contributed by atoms with Gasteiger partial charge < -0.3 is 0 Å². The second-order valence-electron chi connectivity index (χ2n) is 4.53.